The Balaban J connectivity index is 1.53. The zero-order valence-electron chi connectivity index (χ0n) is 14.8. The van der Waals surface area contributed by atoms with Crippen LogP contribution < -0.4 is 10.2 Å². The highest BCUT2D eigenvalue weighted by Crippen LogP contribution is 2.29. The van der Waals surface area contributed by atoms with Gasteiger partial charge in [-0.3, -0.25) is 4.90 Å². The molecule has 0 saturated carbocycles. The molecule has 10 nitrogen and oxygen atoms in total. The van der Waals surface area contributed by atoms with Crippen LogP contribution in [0.5, 0.6) is 0 Å². The maximum Gasteiger partial charge on any atom is 0.414 e. The predicted octanol–water partition coefficient (Wildman–Crippen LogP) is 1.47. The number of benzene rings is 1. The van der Waals surface area contributed by atoms with Crippen molar-refractivity contribution in [3.05, 3.63) is 42.3 Å². The molecule has 0 spiro atoms. The summed E-state index contributed by atoms with van der Waals surface area (Å²) < 4.78 is 21.1. The van der Waals surface area contributed by atoms with Crippen molar-refractivity contribution in [2.24, 2.45) is 7.05 Å². The van der Waals surface area contributed by atoms with Crippen LogP contribution in [0, 0.1) is 5.82 Å². The molecule has 1 aliphatic rings. The van der Waals surface area contributed by atoms with E-state index < -0.39 is 18.0 Å². The first kappa shape index (κ1) is 17.8. The van der Waals surface area contributed by atoms with Gasteiger partial charge in [-0.05, 0) is 40.8 Å². The monoisotopic (exact) mass is 385 g/mol. The quantitative estimate of drug-likeness (QED) is 0.678. The summed E-state index contributed by atoms with van der Waals surface area (Å²) in [6, 6.07) is 7.84. The number of pyridine rings is 1. The van der Waals surface area contributed by atoms with Crippen molar-refractivity contribution in [2.45, 2.75) is 6.10 Å². The van der Waals surface area contributed by atoms with Crippen molar-refractivity contribution in [1.82, 2.24) is 25.2 Å². The zero-order valence-corrected chi connectivity index (χ0v) is 14.8. The molecule has 11 heteroatoms. The Morgan fingerprint density at radius 1 is 1.36 bits per heavy atom. The standard InChI is InChI=1S/C17H16FN7O3/c1-24-16(21-22-23-24)20-15-5-2-10(7-19-15)13-4-3-11(6-14(13)18)25-8-12(9-26)28-17(25)27/h2-7,12,26H,8-9H2,1H3,(H,19,20,21,23)/t12-/m1/s1. The van der Waals surface area contributed by atoms with Gasteiger partial charge in [0.05, 0.1) is 18.8 Å². The number of nitrogens with zero attached hydrogens (tertiary/aromatic N) is 6. The second kappa shape index (κ2) is 7.19. The van der Waals surface area contributed by atoms with E-state index in [2.05, 4.69) is 25.8 Å². The number of hydrogen-bond donors (Lipinski definition) is 2. The third-order valence-electron chi connectivity index (χ3n) is 4.28. The highest BCUT2D eigenvalue weighted by Gasteiger charge is 2.32. The van der Waals surface area contributed by atoms with Gasteiger partial charge in [0.2, 0.25) is 5.95 Å². The summed E-state index contributed by atoms with van der Waals surface area (Å²) in [4.78, 5) is 17.4. The number of carbonyl (C=O) groups is 1. The average molecular weight is 385 g/mol. The third-order valence-corrected chi connectivity index (χ3v) is 4.28. The van der Waals surface area contributed by atoms with Gasteiger partial charge in [-0.15, -0.1) is 0 Å². The molecular weight excluding hydrogens is 369 g/mol. The highest BCUT2D eigenvalue weighted by molar-refractivity contribution is 5.90. The van der Waals surface area contributed by atoms with E-state index in [1.165, 1.54) is 21.8 Å². The molecule has 3 heterocycles. The number of amides is 1. The van der Waals surface area contributed by atoms with E-state index in [4.69, 9.17) is 9.84 Å². The SMILES string of the molecule is Cn1nnnc1Nc1ccc(-c2ccc(N3C[C@H](CO)OC3=O)cc2F)cn1. The van der Waals surface area contributed by atoms with Crippen molar-refractivity contribution in [1.29, 1.82) is 0 Å². The maximum absolute atomic E-state index is 14.7. The number of anilines is 3. The minimum Gasteiger partial charge on any atom is -0.441 e. The van der Waals surface area contributed by atoms with E-state index in [0.29, 0.717) is 28.6 Å². The fraction of sp³-hybridized carbons (Fsp3) is 0.235. The summed E-state index contributed by atoms with van der Waals surface area (Å²) in [5, 5.41) is 23.1. The van der Waals surface area contributed by atoms with Crippen LogP contribution in [0.2, 0.25) is 0 Å². The van der Waals surface area contributed by atoms with Gasteiger partial charge in [-0.25, -0.2) is 18.9 Å². The molecule has 3 aromatic rings. The Morgan fingerprint density at radius 2 is 2.21 bits per heavy atom. The fourth-order valence-electron chi connectivity index (χ4n) is 2.81. The number of carbonyl (C=O) groups excluding carboxylic acids is 1. The van der Waals surface area contributed by atoms with Crippen LogP contribution in [0.15, 0.2) is 36.5 Å². The largest absolute Gasteiger partial charge is 0.441 e. The zero-order chi connectivity index (χ0) is 19.7. The molecule has 0 aliphatic carbocycles. The molecule has 144 valence electrons. The molecule has 1 aromatic carbocycles. The van der Waals surface area contributed by atoms with Gasteiger partial charge in [0.15, 0.2) is 0 Å². The highest BCUT2D eigenvalue weighted by atomic mass is 19.1. The van der Waals surface area contributed by atoms with E-state index in [9.17, 15) is 9.18 Å². The number of nitrogens with one attached hydrogen (secondary N) is 1. The number of ether oxygens (including phenoxy) is 1. The molecule has 2 N–H and O–H groups in total. The minimum absolute atomic E-state index is 0.174. The summed E-state index contributed by atoms with van der Waals surface area (Å²) in [7, 11) is 1.69. The lowest BCUT2D eigenvalue weighted by molar-refractivity contribution is 0.0963. The first-order chi connectivity index (χ1) is 13.5. The number of aliphatic hydroxyl groups excluding tert-OH is 1. The molecule has 1 saturated heterocycles. The minimum atomic E-state index is -0.610. The van der Waals surface area contributed by atoms with Crippen LogP contribution >= 0.6 is 0 Å². The van der Waals surface area contributed by atoms with Crippen LogP contribution in [0.25, 0.3) is 11.1 Å². The number of hydrogen-bond acceptors (Lipinski definition) is 8. The van der Waals surface area contributed by atoms with Crippen LogP contribution in [-0.2, 0) is 11.8 Å². The number of tetrazole rings is 1. The van der Waals surface area contributed by atoms with Crippen molar-refractivity contribution in [3.63, 3.8) is 0 Å². The van der Waals surface area contributed by atoms with Crippen molar-refractivity contribution >= 4 is 23.5 Å². The van der Waals surface area contributed by atoms with Gasteiger partial charge in [0.25, 0.3) is 0 Å². The van der Waals surface area contributed by atoms with Gasteiger partial charge >= 0.3 is 6.09 Å². The number of cyclic esters (lactones) is 1. The Kier molecular flexibility index (Phi) is 4.57. The number of halogens is 1. The summed E-state index contributed by atoms with van der Waals surface area (Å²) in [5.41, 5.74) is 1.28. The first-order valence-electron chi connectivity index (χ1n) is 8.39. The average Bonchev–Trinajstić information content (AvgIpc) is 3.28. The van der Waals surface area contributed by atoms with Crippen molar-refractivity contribution in [3.8, 4) is 11.1 Å². The predicted molar refractivity (Wildman–Crippen MR) is 96.4 cm³/mol. The van der Waals surface area contributed by atoms with Crippen molar-refractivity contribution in [2.75, 3.05) is 23.4 Å². The summed E-state index contributed by atoms with van der Waals surface area (Å²) in [5.74, 6) is 0.431. The van der Waals surface area contributed by atoms with Gasteiger partial charge in [-0.2, -0.15) is 0 Å². The summed E-state index contributed by atoms with van der Waals surface area (Å²) >= 11 is 0. The van der Waals surface area contributed by atoms with Gasteiger partial charge in [0, 0.05) is 24.4 Å². The smallest absolute Gasteiger partial charge is 0.414 e. The maximum atomic E-state index is 14.7. The van der Waals surface area contributed by atoms with Gasteiger partial charge in [0.1, 0.15) is 17.7 Å². The number of aliphatic hydroxyl groups is 1. The van der Waals surface area contributed by atoms with Crippen molar-refractivity contribution < 1.29 is 19.0 Å². The van der Waals surface area contributed by atoms with Crippen LogP contribution in [-0.4, -0.2) is 55.6 Å². The summed E-state index contributed by atoms with van der Waals surface area (Å²) in [6.07, 6.45) is 0.306. The fourth-order valence-corrected chi connectivity index (χ4v) is 2.81. The first-order valence-corrected chi connectivity index (χ1v) is 8.39. The topological polar surface area (TPSA) is 118 Å². The molecule has 1 fully saturated rings. The lowest BCUT2D eigenvalue weighted by Crippen LogP contribution is -2.25. The molecule has 4 rings (SSSR count). The van der Waals surface area contributed by atoms with E-state index in [0.717, 1.165) is 0 Å². The molecule has 0 bridgehead atoms. The molecule has 1 amide bonds. The van der Waals surface area contributed by atoms with Crippen LogP contribution in [0.1, 0.15) is 0 Å². The van der Waals surface area contributed by atoms with Gasteiger partial charge < -0.3 is 15.2 Å². The Bertz CT molecular complexity index is 1010. The molecule has 0 unspecified atom stereocenters. The van der Waals surface area contributed by atoms with Crippen LogP contribution in [0.3, 0.4) is 0 Å². The molecule has 0 radical (unpaired) electrons. The molecule has 2 aromatic heterocycles. The second-order valence-electron chi connectivity index (χ2n) is 6.15. The molecule has 28 heavy (non-hydrogen) atoms. The number of aromatic nitrogens is 5. The van der Waals surface area contributed by atoms with E-state index in [1.807, 2.05) is 0 Å². The van der Waals surface area contributed by atoms with E-state index in [1.54, 1.807) is 31.3 Å². The Hall–Kier alpha value is -3.60. The van der Waals surface area contributed by atoms with E-state index >= 15 is 0 Å². The Labute approximate surface area is 158 Å². The molecular formula is C17H16FN7O3. The van der Waals surface area contributed by atoms with Gasteiger partial charge in [-0.1, -0.05) is 5.10 Å². The summed E-state index contributed by atoms with van der Waals surface area (Å²) in [6.45, 7) is -0.105. The Morgan fingerprint density at radius 3 is 2.82 bits per heavy atom. The lowest BCUT2D eigenvalue weighted by Gasteiger charge is -2.14. The normalized spacial score (nSPS) is 16.3. The lowest BCUT2D eigenvalue weighted by atomic mass is 10.1. The molecule has 1 aliphatic heterocycles. The second-order valence-corrected chi connectivity index (χ2v) is 6.15. The third kappa shape index (κ3) is 3.34. The van der Waals surface area contributed by atoms with E-state index in [-0.39, 0.29) is 13.2 Å². The number of aryl methyl sites for hydroxylation is 1. The molecule has 1 atom stereocenters. The van der Waals surface area contributed by atoms with Crippen LogP contribution in [0.4, 0.5) is 26.6 Å². The number of rotatable bonds is 5.